The molecule has 0 aliphatic rings. The van der Waals surface area contributed by atoms with Crippen molar-refractivity contribution in [1.82, 2.24) is 4.98 Å². The minimum absolute atomic E-state index is 0.136. The van der Waals surface area contributed by atoms with Crippen molar-refractivity contribution in [2.45, 2.75) is 0 Å². The first-order chi connectivity index (χ1) is 9.50. The molecular formula is C13H8Br2N2O3. The summed E-state index contributed by atoms with van der Waals surface area (Å²) in [7, 11) is 0. The average Bonchev–Trinajstić information content (AvgIpc) is 2.43. The Bertz CT molecular complexity index is 669. The third kappa shape index (κ3) is 3.05. The van der Waals surface area contributed by atoms with Crippen LogP contribution in [-0.4, -0.2) is 22.0 Å². The van der Waals surface area contributed by atoms with Crippen LogP contribution in [0.4, 0.5) is 5.69 Å². The molecule has 1 aromatic heterocycles. The van der Waals surface area contributed by atoms with Crippen LogP contribution in [0.1, 0.15) is 20.8 Å². The normalized spacial score (nSPS) is 10.1. The van der Waals surface area contributed by atoms with Crippen molar-refractivity contribution in [3.8, 4) is 0 Å². The molecule has 5 nitrogen and oxygen atoms in total. The molecule has 0 unspecified atom stereocenters. The van der Waals surface area contributed by atoms with Gasteiger partial charge in [-0.15, -0.1) is 0 Å². The second kappa shape index (κ2) is 6.15. The first-order valence-electron chi connectivity index (χ1n) is 5.44. The number of carbonyl (C=O) groups excluding carboxylic acids is 1. The Morgan fingerprint density at radius 1 is 1.10 bits per heavy atom. The van der Waals surface area contributed by atoms with Gasteiger partial charge in [-0.25, -0.2) is 4.79 Å². The highest BCUT2D eigenvalue weighted by atomic mass is 79.9. The van der Waals surface area contributed by atoms with Crippen molar-refractivity contribution < 1.29 is 14.7 Å². The second-order valence-electron chi connectivity index (χ2n) is 3.76. The number of para-hydroxylation sites is 1. The van der Waals surface area contributed by atoms with Crippen molar-refractivity contribution in [2.24, 2.45) is 0 Å². The molecule has 2 rings (SSSR count). The summed E-state index contributed by atoms with van der Waals surface area (Å²) >= 11 is 6.63. The molecule has 0 bridgehead atoms. The number of carboxylic acid groups (broad SMARTS) is 1. The van der Waals surface area contributed by atoms with E-state index in [1.807, 2.05) is 0 Å². The van der Waals surface area contributed by atoms with Crippen LogP contribution < -0.4 is 5.32 Å². The number of anilines is 1. The number of carbonyl (C=O) groups is 2. The minimum Gasteiger partial charge on any atom is -0.478 e. The van der Waals surface area contributed by atoms with Gasteiger partial charge in [0.2, 0.25) is 0 Å². The lowest BCUT2D eigenvalue weighted by Crippen LogP contribution is -2.18. The molecule has 0 atom stereocenters. The van der Waals surface area contributed by atoms with Gasteiger partial charge in [-0.2, -0.15) is 0 Å². The topological polar surface area (TPSA) is 79.3 Å². The Hall–Kier alpha value is -1.73. The number of halogens is 2. The van der Waals surface area contributed by atoms with Gasteiger partial charge in [-0.1, -0.05) is 6.07 Å². The number of pyridine rings is 1. The van der Waals surface area contributed by atoms with Crippen molar-refractivity contribution in [3.05, 3.63) is 56.7 Å². The van der Waals surface area contributed by atoms with E-state index in [1.54, 1.807) is 18.2 Å². The highest BCUT2D eigenvalue weighted by Crippen LogP contribution is 2.30. The maximum atomic E-state index is 12.2. The molecule has 1 heterocycles. The van der Waals surface area contributed by atoms with Gasteiger partial charge in [0.1, 0.15) is 5.69 Å². The summed E-state index contributed by atoms with van der Waals surface area (Å²) in [4.78, 5) is 27.1. The first-order valence-corrected chi connectivity index (χ1v) is 7.03. The van der Waals surface area contributed by atoms with Crippen LogP contribution in [0.2, 0.25) is 0 Å². The van der Waals surface area contributed by atoms with Crippen molar-refractivity contribution in [1.29, 1.82) is 0 Å². The third-order valence-electron chi connectivity index (χ3n) is 2.45. The lowest BCUT2D eigenvalue weighted by atomic mass is 10.2. The van der Waals surface area contributed by atoms with E-state index in [4.69, 9.17) is 5.11 Å². The van der Waals surface area contributed by atoms with Gasteiger partial charge in [0, 0.05) is 15.1 Å². The molecule has 102 valence electrons. The minimum atomic E-state index is -1.20. The van der Waals surface area contributed by atoms with Crippen molar-refractivity contribution >= 4 is 49.4 Å². The number of nitrogens with zero attached hydrogens (tertiary/aromatic N) is 1. The lowest BCUT2D eigenvalue weighted by Gasteiger charge is -2.10. The molecule has 1 amide bonds. The lowest BCUT2D eigenvalue weighted by molar-refractivity contribution is 0.0691. The molecule has 0 saturated carbocycles. The maximum absolute atomic E-state index is 12.2. The molecule has 2 N–H and O–H groups in total. The molecular weight excluding hydrogens is 392 g/mol. The van der Waals surface area contributed by atoms with Crippen LogP contribution in [-0.2, 0) is 0 Å². The summed E-state index contributed by atoms with van der Waals surface area (Å²) in [5.74, 6) is -1.79. The third-order valence-corrected chi connectivity index (χ3v) is 3.78. The van der Waals surface area contributed by atoms with Gasteiger partial charge in [0.05, 0.1) is 11.3 Å². The van der Waals surface area contributed by atoms with Gasteiger partial charge in [-0.3, -0.25) is 9.78 Å². The molecule has 1 aromatic carbocycles. The Morgan fingerprint density at radius 3 is 2.35 bits per heavy atom. The molecule has 0 fully saturated rings. The highest BCUT2D eigenvalue weighted by Gasteiger charge is 2.19. The fourth-order valence-corrected chi connectivity index (χ4v) is 2.75. The van der Waals surface area contributed by atoms with E-state index in [2.05, 4.69) is 42.2 Å². The molecule has 0 saturated heterocycles. The standard InChI is InChI=1S/C13H8Br2N2O3/c14-8-4-1-5-9(15)11(8)17-12(18)10-7(13(19)20)3-2-6-16-10/h1-6H,(H,17,18)(H,19,20). The predicted molar refractivity (Wildman–Crippen MR) is 81.0 cm³/mol. The number of aromatic nitrogens is 1. The van der Waals surface area contributed by atoms with Gasteiger partial charge in [-0.05, 0) is 56.1 Å². The Labute approximate surface area is 131 Å². The molecule has 7 heteroatoms. The number of hydrogen-bond donors (Lipinski definition) is 2. The van der Waals surface area contributed by atoms with Gasteiger partial charge in [0.25, 0.3) is 5.91 Å². The first kappa shape index (κ1) is 14.7. The number of rotatable bonds is 3. The van der Waals surface area contributed by atoms with Crippen LogP contribution in [0.3, 0.4) is 0 Å². The Kier molecular flexibility index (Phi) is 4.51. The van der Waals surface area contributed by atoms with E-state index in [1.165, 1.54) is 18.3 Å². The average molecular weight is 400 g/mol. The van der Waals surface area contributed by atoms with Crippen LogP contribution in [0.5, 0.6) is 0 Å². The zero-order valence-corrected chi connectivity index (χ0v) is 13.1. The van der Waals surface area contributed by atoms with Crippen LogP contribution in [0.15, 0.2) is 45.5 Å². The van der Waals surface area contributed by atoms with Gasteiger partial charge in [0.15, 0.2) is 0 Å². The van der Waals surface area contributed by atoms with E-state index < -0.39 is 11.9 Å². The number of aromatic carboxylic acids is 1. The number of benzene rings is 1. The number of amides is 1. The molecule has 0 aliphatic heterocycles. The van der Waals surface area contributed by atoms with Gasteiger partial charge >= 0.3 is 5.97 Å². The highest BCUT2D eigenvalue weighted by molar-refractivity contribution is 9.11. The van der Waals surface area contributed by atoms with Crippen LogP contribution in [0.25, 0.3) is 0 Å². The van der Waals surface area contributed by atoms with Crippen molar-refractivity contribution in [2.75, 3.05) is 5.32 Å². The fourth-order valence-electron chi connectivity index (χ4n) is 1.55. The predicted octanol–water partition coefficient (Wildman–Crippen LogP) is 3.56. The van der Waals surface area contributed by atoms with E-state index in [-0.39, 0.29) is 11.3 Å². The summed E-state index contributed by atoms with van der Waals surface area (Å²) in [6.07, 6.45) is 1.37. The summed E-state index contributed by atoms with van der Waals surface area (Å²) in [6.45, 7) is 0. The smallest absolute Gasteiger partial charge is 0.338 e. The molecule has 0 radical (unpaired) electrons. The molecule has 0 aliphatic carbocycles. The van der Waals surface area contributed by atoms with E-state index in [0.29, 0.717) is 14.6 Å². The number of carboxylic acids is 1. The summed E-state index contributed by atoms with van der Waals surface area (Å²) in [6, 6.07) is 8.12. The molecule has 0 spiro atoms. The van der Waals surface area contributed by atoms with Crippen molar-refractivity contribution in [3.63, 3.8) is 0 Å². The zero-order valence-electron chi connectivity index (χ0n) is 9.93. The largest absolute Gasteiger partial charge is 0.478 e. The second-order valence-corrected chi connectivity index (χ2v) is 5.46. The maximum Gasteiger partial charge on any atom is 0.338 e. The summed E-state index contributed by atoms with van der Waals surface area (Å²) < 4.78 is 1.35. The zero-order chi connectivity index (χ0) is 14.7. The van der Waals surface area contributed by atoms with Gasteiger partial charge < -0.3 is 10.4 Å². The Balaban J connectivity index is 2.36. The molecule has 2 aromatic rings. The summed E-state index contributed by atoms with van der Waals surface area (Å²) in [5, 5.41) is 11.7. The SMILES string of the molecule is O=C(O)c1cccnc1C(=O)Nc1c(Br)cccc1Br. The van der Waals surface area contributed by atoms with E-state index in [9.17, 15) is 9.59 Å². The van der Waals surface area contributed by atoms with E-state index in [0.717, 1.165) is 0 Å². The fraction of sp³-hybridized carbons (Fsp3) is 0. The Morgan fingerprint density at radius 2 is 1.75 bits per heavy atom. The number of nitrogens with one attached hydrogen (secondary N) is 1. The summed E-state index contributed by atoms with van der Waals surface area (Å²) in [5.41, 5.74) is 0.232. The molecule has 20 heavy (non-hydrogen) atoms. The number of hydrogen-bond acceptors (Lipinski definition) is 3. The van der Waals surface area contributed by atoms with Crippen LogP contribution >= 0.6 is 31.9 Å². The van der Waals surface area contributed by atoms with E-state index >= 15 is 0 Å². The van der Waals surface area contributed by atoms with Crippen LogP contribution in [0, 0.1) is 0 Å². The quantitative estimate of drug-likeness (QED) is 0.826. The monoisotopic (exact) mass is 398 g/mol.